The van der Waals surface area contributed by atoms with Crippen LogP contribution in [0.4, 0.5) is 0 Å². The van der Waals surface area contributed by atoms with E-state index in [1.165, 1.54) is 12.3 Å². The number of benzene rings is 1. The molecule has 5 nitrogen and oxygen atoms in total. The van der Waals surface area contributed by atoms with Crippen molar-refractivity contribution in [3.63, 3.8) is 0 Å². The number of carbonyl (C=O) groups is 1. The summed E-state index contributed by atoms with van der Waals surface area (Å²) in [5.41, 5.74) is 0.463. The first-order valence-electron chi connectivity index (χ1n) is 5.62. The van der Waals surface area contributed by atoms with Crippen molar-refractivity contribution in [2.75, 3.05) is 7.11 Å². The second-order valence-electron chi connectivity index (χ2n) is 4.05. The van der Waals surface area contributed by atoms with Crippen molar-refractivity contribution in [1.29, 1.82) is 0 Å². The molecule has 0 spiro atoms. The number of aryl methyl sites for hydroxylation is 1. The maximum atomic E-state index is 11.5. The second-order valence-corrected chi connectivity index (χ2v) is 4.05. The minimum atomic E-state index is -1.48. The van der Waals surface area contributed by atoms with Crippen LogP contribution in [-0.4, -0.2) is 17.6 Å². The molecule has 5 heteroatoms. The lowest BCUT2D eigenvalue weighted by Crippen LogP contribution is -2.30. The van der Waals surface area contributed by atoms with Crippen LogP contribution in [-0.2, 0) is 0 Å². The first-order chi connectivity index (χ1) is 9.02. The Morgan fingerprint density at radius 3 is 2.42 bits per heavy atom. The van der Waals surface area contributed by atoms with Crippen molar-refractivity contribution in [2.24, 2.45) is 0 Å². The molecule has 0 N–H and O–H groups in total. The number of methoxy groups -OCH3 is 1. The molecule has 2 aromatic rings. The van der Waals surface area contributed by atoms with Gasteiger partial charge in [-0.2, -0.15) is 0 Å². The fraction of sp³-hybridized carbons (Fsp3) is 0.143. The minimum absolute atomic E-state index is 0.360. The molecule has 0 saturated heterocycles. The number of aromatic nitrogens is 1. The Balaban J connectivity index is 2.57. The van der Waals surface area contributed by atoms with Gasteiger partial charge in [-0.05, 0) is 31.2 Å². The SMILES string of the molecule is COc1ccc(-n2cc(C(=O)[O-])c(=O)cc2C)cc1. The van der Waals surface area contributed by atoms with E-state index in [4.69, 9.17) is 4.74 Å². The molecule has 0 atom stereocenters. The third-order valence-electron chi connectivity index (χ3n) is 2.81. The summed E-state index contributed by atoms with van der Waals surface area (Å²) < 4.78 is 6.67. The van der Waals surface area contributed by atoms with E-state index in [-0.39, 0.29) is 5.56 Å². The van der Waals surface area contributed by atoms with Crippen molar-refractivity contribution >= 4 is 5.97 Å². The molecule has 0 aliphatic carbocycles. The van der Waals surface area contributed by atoms with E-state index >= 15 is 0 Å². The van der Waals surface area contributed by atoms with Crippen LogP contribution in [0, 0.1) is 6.92 Å². The fourth-order valence-corrected chi connectivity index (χ4v) is 1.81. The van der Waals surface area contributed by atoms with Crippen molar-refractivity contribution in [2.45, 2.75) is 6.92 Å². The van der Waals surface area contributed by atoms with Crippen molar-refractivity contribution in [3.05, 3.63) is 58.0 Å². The highest BCUT2D eigenvalue weighted by Crippen LogP contribution is 2.16. The number of pyridine rings is 1. The molecule has 19 heavy (non-hydrogen) atoms. The second kappa shape index (κ2) is 4.97. The number of ether oxygens (including phenoxy) is 1. The number of nitrogens with zero attached hydrogens (tertiary/aromatic N) is 1. The van der Waals surface area contributed by atoms with Gasteiger partial charge in [0.2, 0.25) is 0 Å². The summed E-state index contributed by atoms with van der Waals surface area (Å²) in [6, 6.07) is 8.33. The van der Waals surface area contributed by atoms with Gasteiger partial charge in [-0.15, -0.1) is 0 Å². The Hall–Kier alpha value is -2.56. The maximum absolute atomic E-state index is 11.5. The van der Waals surface area contributed by atoms with Crippen molar-refractivity contribution < 1.29 is 14.6 Å². The van der Waals surface area contributed by atoms with Crippen LogP contribution in [0.1, 0.15) is 16.1 Å². The van der Waals surface area contributed by atoms with Gasteiger partial charge in [-0.3, -0.25) is 4.79 Å². The van der Waals surface area contributed by atoms with Gasteiger partial charge in [0, 0.05) is 23.6 Å². The van der Waals surface area contributed by atoms with Crippen molar-refractivity contribution in [1.82, 2.24) is 4.57 Å². The lowest BCUT2D eigenvalue weighted by Gasteiger charge is -2.13. The number of aromatic carboxylic acids is 1. The number of carboxylic acids is 1. The highest BCUT2D eigenvalue weighted by Gasteiger charge is 2.06. The number of rotatable bonds is 3. The molecule has 0 fully saturated rings. The smallest absolute Gasteiger partial charge is 0.190 e. The topological polar surface area (TPSA) is 71.4 Å². The molecule has 0 radical (unpaired) electrons. The Kier molecular flexibility index (Phi) is 3.37. The zero-order valence-corrected chi connectivity index (χ0v) is 10.5. The maximum Gasteiger partial charge on any atom is 0.190 e. The monoisotopic (exact) mass is 258 g/mol. The van der Waals surface area contributed by atoms with E-state index < -0.39 is 11.4 Å². The van der Waals surface area contributed by atoms with Gasteiger partial charge in [0.1, 0.15) is 5.75 Å². The Morgan fingerprint density at radius 1 is 1.26 bits per heavy atom. The quantitative estimate of drug-likeness (QED) is 0.804. The van der Waals surface area contributed by atoms with Crippen LogP contribution in [0.5, 0.6) is 5.75 Å². The van der Waals surface area contributed by atoms with Crippen LogP contribution in [0.3, 0.4) is 0 Å². The number of hydrogen-bond acceptors (Lipinski definition) is 4. The van der Waals surface area contributed by atoms with Gasteiger partial charge in [-0.25, -0.2) is 0 Å². The van der Waals surface area contributed by atoms with Crippen LogP contribution in [0.2, 0.25) is 0 Å². The molecule has 0 aliphatic heterocycles. The van der Waals surface area contributed by atoms with E-state index in [9.17, 15) is 14.7 Å². The largest absolute Gasteiger partial charge is 0.545 e. The van der Waals surface area contributed by atoms with Gasteiger partial charge in [0.05, 0.1) is 18.6 Å². The molecule has 0 saturated carbocycles. The molecule has 0 unspecified atom stereocenters. The van der Waals surface area contributed by atoms with Crippen LogP contribution >= 0.6 is 0 Å². The normalized spacial score (nSPS) is 10.2. The molecule has 0 amide bonds. The van der Waals surface area contributed by atoms with Gasteiger partial charge >= 0.3 is 0 Å². The first-order valence-corrected chi connectivity index (χ1v) is 5.62. The van der Waals surface area contributed by atoms with Crippen LogP contribution in [0.25, 0.3) is 5.69 Å². The molecule has 0 bridgehead atoms. The Labute approximate surface area is 109 Å². The van der Waals surface area contributed by atoms with Crippen LogP contribution < -0.4 is 15.3 Å². The fourth-order valence-electron chi connectivity index (χ4n) is 1.81. The van der Waals surface area contributed by atoms with E-state index in [0.717, 1.165) is 5.69 Å². The summed E-state index contributed by atoms with van der Waals surface area (Å²) >= 11 is 0. The lowest BCUT2D eigenvalue weighted by atomic mass is 10.2. The van der Waals surface area contributed by atoms with Crippen molar-refractivity contribution in [3.8, 4) is 11.4 Å². The molecule has 1 aromatic heterocycles. The number of hydrogen-bond donors (Lipinski definition) is 0. The molecular formula is C14H12NO4-. The lowest BCUT2D eigenvalue weighted by molar-refractivity contribution is -0.255. The average molecular weight is 258 g/mol. The molecule has 2 rings (SSSR count). The number of carboxylic acid groups (broad SMARTS) is 1. The van der Waals surface area contributed by atoms with E-state index in [0.29, 0.717) is 11.4 Å². The zero-order chi connectivity index (χ0) is 14.0. The molecule has 1 heterocycles. The third-order valence-corrected chi connectivity index (χ3v) is 2.81. The Morgan fingerprint density at radius 2 is 1.89 bits per heavy atom. The summed E-state index contributed by atoms with van der Waals surface area (Å²) in [4.78, 5) is 22.4. The summed E-state index contributed by atoms with van der Waals surface area (Å²) in [5, 5.41) is 10.9. The van der Waals surface area contributed by atoms with E-state index in [2.05, 4.69) is 0 Å². The molecular weight excluding hydrogens is 246 g/mol. The highest BCUT2D eigenvalue weighted by molar-refractivity contribution is 5.85. The number of carbonyl (C=O) groups excluding carboxylic acids is 1. The third kappa shape index (κ3) is 2.49. The molecule has 98 valence electrons. The van der Waals surface area contributed by atoms with Crippen LogP contribution in [0.15, 0.2) is 41.3 Å². The van der Waals surface area contributed by atoms with Gasteiger partial charge in [-0.1, -0.05) is 0 Å². The van der Waals surface area contributed by atoms with E-state index in [1.54, 1.807) is 42.9 Å². The standard InChI is InChI=1S/C14H13NO4/c1-9-7-13(16)12(14(17)18)8-15(9)10-3-5-11(19-2)6-4-10/h3-8H,1-2H3,(H,17,18)/p-1. The van der Waals surface area contributed by atoms with Gasteiger partial charge in [0.25, 0.3) is 0 Å². The minimum Gasteiger partial charge on any atom is -0.545 e. The predicted molar refractivity (Wildman–Crippen MR) is 67.7 cm³/mol. The molecule has 0 aliphatic rings. The Bertz CT molecular complexity index is 671. The van der Waals surface area contributed by atoms with Gasteiger partial charge < -0.3 is 19.2 Å². The summed E-state index contributed by atoms with van der Waals surface area (Å²) in [7, 11) is 1.56. The summed E-state index contributed by atoms with van der Waals surface area (Å²) in [5.74, 6) is -0.783. The summed E-state index contributed by atoms with van der Waals surface area (Å²) in [6.45, 7) is 1.73. The van der Waals surface area contributed by atoms with E-state index in [1.807, 2.05) is 0 Å². The predicted octanol–water partition coefficient (Wildman–Crippen LogP) is 0.518. The average Bonchev–Trinajstić information content (AvgIpc) is 2.38. The summed E-state index contributed by atoms with van der Waals surface area (Å²) in [6.07, 6.45) is 1.27. The first kappa shape index (κ1) is 12.9. The molecule has 1 aromatic carbocycles. The zero-order valence-electron chi connectivity index (χ0n) is 10.5. The van der Waals surface area contributed by atoms with Gasteiger partial charge in [0.15, 0.2) is 5.43 Å². The highest BCUT2D eigenvalue weighted by atomic mass is 16.5.